The van der Waals surface area contributed by atoms with Crippen LogP contribution < -0.4 is 0 Å². The minimum atomic E-state index is -1.42. The van der Waals surface area contributed by atoms with Crippen LogP contribution in [0.1, 0.15) is 16.7 Å². The summed E-state index contributed by atoms with van der Waals surface area (Å²) in [7, 11) is 0. The van der Waals surface area contributed by atoms with Crippen molar-refractivity contribution in [3.63, 3.8) is 0 Å². The maximum Gasteiger partial charge on any atom is 0.333 e. The van der Waals surface area contributed by atoms with Gasteiger partial charge in [-0.1, -0.05) is 91.0 Å². The molecule has 3 nitrogen and oxygen atoms in total. The quantitative estimate of drug-likeness (QED) is 0.618. The number of benzene rings is 3. The molecule has 0 aliphatic rings. The highest BCUT2D eigenvalue weighted by Gasteiger charge is 2.37. The number of thioether (sulfide) groups is 1. The lowest BCUT2D eigenvalue weighted by molar-refractivity contribution is -0.145. The lowest BCUT2D eigenvalue weighted by atomic mass is 9.84. The Hall–Kier alpha value is -2.56. The molecule has 0 aromatic heterocycles. The Kier molecular flexibility index (Phi) is 5.76. The van der Waals surface area contributed by atoms with Crippen LogP contribution in [0.4, 0.5) is 0 Å². The van der Waals surface area contributed by atoms with Crippen molar-refractivity contribution in [3.8, 4) is 0 Å². The molecular formula is C22H20O3S. The molecular weight excluding hydrogens is 344 g/mol. The van der Waals surface area contributed by atoms with E-state index in [-0.39, 0.29) is 5.75 Å². The van der Waals surface area contributed by atoms with Crippen molar-refractivity contribution in [1.82, 2.24) is 0 Å². The molecule has 0 radical (unpaired) electrons. The smallest absolute Gasteiger partial charge is 0.333 e. The van der Waals surface area contributed by atoms with Gasteiger partial charge in [0.15, 0.2) is 6.10 Å². The van der Waals surface area contributed by atoms with Crippen molar-refractivity contribution in [1.29, 1.82) is 0 Å². The van der Waals surface area contributed by atoms with Gasteiger partial charge in [0.2, 0.25) is 0 Å². The third-order valence-electron chi connectivity index (χ3n) is 4.28. The molecule has 0 saturated heterocycles. The van der Waals surface area contributed by atoms with Gasteiger partial charge in [-0.25, -0.2) is 4.79 Å². The normalized spacial score (nSPS) is 12.5. The molecule has 3 aromatic rings. The summed E-state index contributed by atoms with van der Waals surface area (Å²) in [5.74, 6) is -1.13. The molecule has 0 bridgehead atoms. The van der Waals surface area contributed by atoms with Gasteiger partial charge in [0.25, 0.3) is 0 Å². The average Bonchev–Trinajstić information content (AvgIpc) is 2.70. The van der Waals surface area contributed by atoms with Gasteiger partial charge < -0.3 is 10.2 Å². The SMILES string of the molecule is O=C(O)C(O)CSC(c1ccccc1)(c1ccccc1)c1ccccc1. The highest BCUT2D eigenvalue weighted by molar-refractivity contribution is 8.00. The topological polar surface area (TPSA) is 57.5 Å². The number of aliphatic hydroxyl groups excluding tert-OH is 1. The molecule has 0 spiro atoms. The second kappa shape index (κ2) is 8.21. The average molecular weight is 364 g/mol. The van der Waals surface area contributed by atoms with Gasteiger partial charge in [-0.2, -0.15) is 0 Å². The first-order valence-electron chi connectivity index (χ1n) is 8.36. The van der Waals surface area contributed by atoms with E-state index in [1.165, 1.54) is 11.8 Å². The van der Waals surface area contributed by atoms with E-state index in [1.54, 1.807) is 0 Å². The second-order valence-corrected chi connectivity index (χ2v) is 7.18. The van der Waals surface area contributed by atoms with Gasteiger partial charge in [-0.3, -0.25) is 0 Å². The minimum Gasteiger partial charge on any atom is -0.479 e. The lowest BCUT2D eigenvalue weighted by Crippen LogP contribution is -2.30. The van der Waals surface area contributed by atoms with Crippen molar-refractivity contribution in [2.24, 2.45) is 0 Å². The first-order valence-corrected chi connectivity index (χ1v) is 9.34. The second-order valence-electron chi connectivity index (χ2n) is 5.94. The summed E-state index contributed by atoms with van der Waals surface area (Å²) < 4.78 is -0.611. The maximum atomic E-state index is 11.2. The summed E-state index contributed by atoms with van der Waals surface area (Å²) >= 11 is 1.43. The van der Waals surface area contributed by atoms with Gasteiger partial charge in [0.1, 0.15) is 0 Å². The Morgan fingerprint density at radius 1 is 0.769 bits per heavy atom. The van der Waals surface area contributed by atoms with Crippen LogP contribution in [0.5, 0.6) is 0 Å². The van der Waals surface area contributed by atoms with Crippen molar-refractivity contribution in [2.75, 3.05) is 5.75 Å². The highest BCUT2D eigenvalue weighted by atomic mass is 32.2. The Morgan fingerprint density at radius 3 is 1.42 bits per heavy atom. The third kappa shape index (κ3) is 3.66. The number of rotatable bonds is 7. The Balaban J connectivity index is 2.19. The molecule has 132 valence electrons. The summed E-state index contributed by atoms with van der Waals surface area (Å²) in [5.41, 5.74) is 3.12. The minimum absolute atomic E-state index is 0.0774. The molecule has 0 fully saturated rings. The van der Waals surface area contributed by atoms with Crippen LogP contribution in [0.3, 0.4) is 0 Å². The molecule has 0 saturated carbocycles. The molecule has 0 amide bonds. The van der Waals surface area contributed by atoms with Gasteiger partial charge in [0.05, 0.1) is 4.75 Å². The van der Waals surface area contributed by atoms with Gasteiger partial charge >= 0.3 is 5.97 Å². The fourth-order valence-electron chi connectivity index (χ4n) is 3.04. The summed E-state index contributed by atoms with van der Waals surface area (Å²) in [6.45, 7) is 0. The van der Waals surface area contributed by atoms with E-state index in [0.29, 0.717) is 0 Å². The van der Waals surface area contributed by atoms with Crippen molar-refractivity contribution >= 4 is 17.7 Å². The number of hydrogen-bond donors (Lipinski definition) is 2. The van der Waals surface area contributed by atoms with Gasteiger partial charge in [0, 0.05) is 5.75 Å². The van der Waals surface area contributed by atoms with E-state index in [4.69, 9.17) is 5.11 Å². The van der Waals surface area contributed by atoms with Gasteiger partial charge in [-0.15, -0.1) is 11.8 Å². The molecule has 0 aliphatic carbocycles. The zero-order valence-corrected chi connectivity index (χ0v) is 15.0. The highest BCUT2D eigenvalue weighted by Crippen LogP contribution is 2.48. The molecule has 0 heterocycles. The predicted octanol–water partition coefficient (Wildman–Crippen LogP) is 4.16. The summed E-state index contributed by atoms with van der Waals surface area (Å²) in [4.78, 5) is 11.2. The van der Waals surface area contributed by atoms with E-state index in [9.17, 15) is 9.90 Å². The van der Waals surface area contributed by atoms with Gasteiger partial charge in [-0.05, 0) is 16.7 Å². The Labute approximate surface area is 157 Å². The van der Waals surface area contributed by atoms with Crippen LogP contribution in [0.25, 0.3) is 0 Å². The summed E-state index contributed by atoms with van der Waals surface area (Å²) in [5, 5.41) is 19.0. The number of hydrogen-bond acceptors (Lipinski definition) is 3. The largest absolute Gasteiger partial charge is 0.479 e. The standard InChI is InChI=1S/C22H20O3S/c23-20(21(24)25)16-26-22(17-10-4-1-5-11-17,18-12-6-2-7-13-18)19-14-8-3-9-15-19/h1-15,20,23H,16H2,(H,24,25). The van der Waals surface area contributed by atoms with Crippen LogP contribution in [0.15, 0.2) is 91.0 Å². The third-order valence-corrected chi connectivity index (χ3v) is 5.91. The van der Waals surface area contributed by atoms with E-state index in [1.807, 2.05) is 91.0 Å². The molecule has 0 aliphatic heterocycles. The van der Waals surface area contributed by atoms with E-state index in [0.717, 1.165) is 16.7 Å². The maximum absolute atomic E-state index is 11.2. The zero-order valence-electron chi connectivity index (χ0n) is 14.2. The van der Waals surface area contributed by atoms with Crippen molar-refractivity contribution in [3.05, 3.63) is 108 Å². The monoisotopic (exact) mass is 364 g/mol. The van der Waals surface area contributed by atoms with Crippen molar-refractivity contribution in [2.45, 2.75) is 10.9 Å². The summed E-state index contributed by atoms with van der Waals surface area (Å²) in [6, 6.07) is 30.0. The Bertz CT molecular complexity index is 738. The van der Waals surface area contributed by atoms with Crippen LogP contribution in [-0.4, -0.2) is 28.0 Å². The molecule has 4 heteroatoms. The molecule has 2 N–H and O–H groups in total. The number of aliphatic hydroxyl groups is 1. The summed E-state index contributed by atoms with van der Waals surface area (Å²) in [6.07, 6.45) is -1.42. The fraction of sp³-hybridized carbons (Fsp3) is 0.136. The molecule has 1 unspecified atom stereocenters. The lowest BCUT2D eigenvalue weighted by Gasteiger charge is -2.35. The van der Waals surface area contributed by atoms with Crippen molar-refractivity contribution < 1.29 is 15.0 Å². The number of carboxylic acids is 1. The number of carbonyl (C=O) groups is 1. The van der Waals surface area contributed by atoms with Crippen LogP contribution in [0, 0.1) is 0 Å². The molecule has 3 aromatic carbocycles. The first-order chi connectivity index (χ1) is 12.6. The fourth-order valence-corrected chi connectivity index (χ4v) is 4.50. The molecule has 3 rings (SSSR count). The Morgan fingerprint density at radius 2 is 1.12 bits per heavy atom. The van der Waals surface area contributed by atoms with E-state index < -0.39 is 16.8 Å². The number of aliphatic carboxylic acids is 1. The van der Waals surface area contributed by atoms with Crippen LogP contribution in [0.2, 0.25) is 0 Å². The van der Waals surface area contributed by atoms with E-state index in [2.05, 4.69) is 0 Å². The predicted molar refractivity (Wildman–Crippen MR) is 105 cm³/mol. The van der Waals surface area contributed by atoms with Crippen LogP contribution >= 0.6 is 11.8 Å². The van der Waals surface area contributed by atoms with E-state index >= 15 is 0 Å². The number of carboxylic acid groups (broad SMARTS) is 1. The first kappa shape index (κ1) is 18.2. The zero-order chi connectivity index (χ0) is 18.4. The van der Waals surface area contributed by atoms with Crippen LogP contribution in [-0.2, 0) is 9.54 Å². The molecule has 26 heavy (non-hydrogen) atoms. The molecule has 1 atom stereocenters.